The largest absolute Gasteiger partial charge is 0.465 e. The van der Waals surface area contributed by atoms with E-state index in [1.165, 1.54) is 4.90 Å². The van der Waals surface area contributed by atoms with Crippen molar-refractivity contribution in [2.75, 3.05) is 32.8 Å². The predicted octanol–water partition coefficient (Wildman–Crippen LogP) is -0.337. The van der Waals surface area contributed by atoms with E-state index in [-0.39, 0.29) is 12.6 Å². The predicted molar refractivity (Wildman–Crippen MR) is 47.7 cm³/mol. The van der Waals surface area contributed by atoms with Gasteiger partial charge in [0.2, 0.25) is 0 Å². The Bertz CT molecular complexity index is 186. The zero-order valence-corrected chi connectivity index (χ0v) is 7.81. The highest BCUT2D eigenvalue weighted by Crippen LogP contribution is 2.08. The molecule has 0 saturated carbocycles. The van der Waals surface area contributed by atoms with Crippen molar-refractivity contribution in [2.45, 2.75) is 13.0 Å². The van der Waals surface area contributed by atoms with Crippen LogP contribution in [0.15, 0.2) is 0 Å². The Balaban J connectivity index is 2.42. The van der Waals surface area contributed by atoms with Crippen molar-refractivity contribution in [3.63, 3.8) is 0 Å². The van der Waals surface area contributed by atoms with Crippen LogP contribution in [0.2, 0.25) is 0 Å². The summed E-state index contributed by atoms with van der Waals surface area (Å²) in [5.74, 6) is 0. The molecule has 0 radical (unpaired) electrons. The van der Waals surface area contributed by atoms with Crippen LogP contribution in [0.4, 0.5) is 4.79 Å². The van der Waals surface area contributed by atoms with E-state index in [2.05, 4.69) is 4.90 Å². The summed E-state index contributed by atoms with van der Waals surface area (Å²) in [5.41, 5.74) is 0. The maximum Gasteiger partial charge on any atom is 0.407 e. The Morgan fingerprint density at radius 3 is 2.69 bits per heavy atom. The average molecular weight is 188 g/mol. The van der Waals surface area contributed by atoms with Crippen LogP contribution in [0, 0.1) is 0 Å². The van der Waals surface area contributed by atoms with E-state index >= 15 is 0 Å². The highest BCUT2D eigenvalue weighted by atomic mass is 16.4. The third-order valence-corrected chi connectivity index (χ3v) is 2.37. The molecule has 0 aromatic heterocycles. The minimum atomic E-state index is -0.851. The first-order chi connectivity index (χ1) is 6.15. The van der Waals surface area contributed by atoms with Crippen LogP contribution in [0.25, 0.3) is 0 Å². The van der Waals surface area contributed by atoms with Gasteiger partial charge in [0.05, 0.1) is 6.61 Å². The molecule has 13 heavy (non-hydrogen) atoms. The lowest BCUT2D eigenvalue weighted by molar-refractivity contribution is 0.0663. The number of aliphatic hydroxyl groups excluding tert-OH is 1. The van der Waals surface area contributed by atoms with E-state index in [1.807, 2.05) is 6.92 Å². The fourth-order valence-corrected chi connectivity index (χ4v) is 1.66. The number of carboxylic acid groups (broad SMARTS) is 1. The Kier molecular flexibility index (Phi) is 3.50. The minimum Gasteiger partial charge on any atom is -0.465 e. The van der Waals surface area contributed by atoms with Gasteiger partial charge >= 0.3 is 6.09 Å². The topological polar surface area (TPSA) is 64.0 Å². The van der Waals surface area contributed by atoms with Gasteiger partial charge in [0.25, 0.3) is 0 Å². The van der Waals surface area contributed by atoms with Gasteiger partial charge in [-0.05, 0) is 6.92 Å². The zero-order valence-electron chi connectivity index (χ0n) is 7.81. The first kappa shape index (κ1) is 10.3. The summed E-state index contributed by atoms with van der Waals surface area (Å²) in [7, 11) is 0. The van der Waals surface area contributed by atoms with Crippen molar-refractivity contribution in [1.82, 2.24) is 9.80 Å². The van der Waals surface area contributed by atoms with E-state index in [9.17, 15) is 4.79 Å². The molecule has 1 atom stereocenters. The quantitative estimate of drug-likeness (QED) is 0.622. The van der Waals surface area contributed by atoms with Crippen LogP contribution < -0.4 is 0 Å². The molecule has 1 saturated heterocycles. The van der Waals surface area contributed by atoms with Crippen LogP contribution in [0.1, 0.15) is 6.92 Å². The lowest BCUT2D eigenvalue weighted by atomic mass is 10.2. The number of β-amino-alcohol motifs (C(OH)–C–C–N with tert-alkyl or cyclic N) is 1. The molecule has 0 bridgehead atoms. The van der Waals surface area contributed by atoms with Gasteiger partial charge in [0.1, 0.15) is 0 Å². The monoisotopic (exact) mass is 188 g/mol. The lowest BCUT2D eigenvalue weighted by Crippen LogP contribution is -2.54. The number of hydrogen-bond acceptors (Lipinski definition) is 3. The van der Waals surface area contributed by atoms with Crippen LogP contribution in [-0.4, -0.2) is 64.9 Å². The molecular formula is C8H16N2O3. The second-order valence-electron chi connectivity index (χ2n) is 3.35. The van der Waals surface area contributed by atoms with Gasteiger partial charge < -0.3 is 15.1 Å². The van der Waals surface area contributed by atoms with Gasteiger partial charge in [-0.1, -0.05) is 0 Å². The summed E-state index contributed by atoms with van der Waals surface area (Å²) < 4.78 is 0. The molecule has 1 fully saturated rings. The number of piperazine rings is 1. The molecule has 0 aromatic carbocycles. The van der Waals surface area contributed by atoms with E-state index in [4.69, 9.17) is 10.2 Å². The summed E-state index contributed by atoms with van der Waals surface area (Å²) in [6, 6.07) is 0.0257. The Morgan fingerprint density at radius 2 is 2.23 bits per heavy atom. The van der Waals surface area contributed by atoms with Crippen molar-refractivity contribution in [1.29, 1.82) is 0 Å². The first-order valence-corrected chi connectivity index (χ1v) is 4.48. The molecule has 5 nitrogen and oxygen atoms in total. The van der Waals surface area contributed by atoms with Crippen molar-refractivity contribution in [3.05, 3.63) is 0 Å². The van der Waals surface area contributed by atoms with Gasteiger partial charge in [0.15, 0.2) is 0 Å². The third-order valence-electron chi connectivity index (χ3n) is 2.37. The average Bonchev–Trinajstić information content (AvgIpc) is 2.04. The van der Waals surface area contributed by atoms with E-state index in [1.54, 1.807) is 0 Å². The van der Waals surface area contributed by atoms with Crippen LogP contribution >= 0.6 is 0 Å². The standard InChI is InChI=1S/C8H16N2O3/c1-7-6-9(4-5-11)2-3-10(7)8(12)13/h7,11H,2-6H2,1H3,(H,12,13)/t7-/m0/s1. The fraction of sp³-hybridized carbons (Fsp3) is 0.875. The molecule has 76 valence electrons. The van der Waals surface area contributed by atoms with Gasteiger partial charge in [-0.3, -0.25) is 4.90 Å². The number of hydrogen-bond donors (Lipinski definition) is 2. The molecule has 1 heterocycles. The molecule has 0 spiro atoms. The van der Waals surface area contributed by atoms with Gasteiger partial charge in [-0.15, -0.1) is 0 Å². The summed E-state index contributed by atoms with van der Waals surface area (Å²) in [4.78, 5) is 14.2. The minimum absolute atomic E-state index is 0.0257. The second kappa shape index (κ2) is 4.43. The van der Waals surface area contributed by atoms with Crippen LogP contribution in [-0.2, 0) is 0 Å². The van der Waals surface area contributed by atoms with E-state index in [0.29, 0.717) is 19.6 Å². The fourth-order valence-electron chi connectivity index (χ4n) is 1.66. The summed E-state index contributed by atoms with van der Waals surface area (Å²) >= 11 is 0. The van der Waals surface area contributed by atoms with Crippen molar-refractivity contribution >= 4 is 6.09 Å². The first-order valence-electron chi connectivity index (χ1n) is 4.48. The summed E-state index contributed by atoms with van der Waals surface area (Å²) in [6.07, 6.45) is -0.851. The smallest absolute Gasteiger partial charge is 0.407 e. The molecule has 1 aliphatic heterocycles. The molecule has 0 aliphatic carbocycles. The Morgan fingerprint density at radius 1 is 1.54 bits per heavy atom. The van der Waals surface area contributed by atoms with Crippen LogP contribution in [0.5, 0.6) is 0 Å². The maximum atomic E-state index is 10.7. The number of nitrogens with zero attached hydrogens (tertiary/aromatic N) is 2. The number of amides is 1. The summed E-state index contributed by atoms with van der Waals surface area (Å²) in [6.45, 7) is 4.63. The van der Waals surface area contributed by atoms with Gasteiger partial charge in [0, 0.05) is 32.2 Å². The van der Waals surface area contributed by atoms with E-state index < -0.39 is 6.09 Å². The molecule has 5 heteroatoms. The Hall–Kier alpha value is -0.810. The maximum absolute atomic E-state index is 10.7. The van der Waals surface area contributed by atoms with E-state index in [0.717, 1.165) is 6.54 Å². The van der Waals surface area contributed by atoms with Crippen molar-refractivity contribution < 1.29 is 15.0 Å². The number of carbonyl (C=O) groups is 1. The zero-order chi connectivity index (χ0) is 9.84. The molecule has 1 aliphatic rings. The molecule has 0 unspecified atom stereocenters. The van der Waals surface area contributed by atoms with Crippen LogP contribution in [0.3, 0.4) is 0 Å². The highest BCUT2D eigenvalue weighted by Gasteiger charge is 2.26. The lowest BCUT2D eigenvalue weighted by Gasteiger charge is -2.37. The molecule has 1 rings (SSSR count). The van der Waals surface area contributed by atoms with Gasteiger partial charge in [-0.2, -0.15) is 0 Å². The van der Waals surface area contributed by atoms with Gasteiger partial charge in [-0.25, -0.2) is 4.79 Å². The molecular weight excluding hydrogens is 172 g/mol. The second-order valence-corrected chi connectivity index (χ2v) is 3.35. The number of aliphatic hydroxyl groups is 1. The number of rotatable bonds is 2. The highest BCUT2D eigenvalue weighted by molar-refractivity contribution is 5.65. The SMILES string of the molecule is C[C@H]1CN(CCO)CCN1C(=O)O. The normalized spacial score (nSPS) is 24.8. The third kappa shape index (κ3) is 2.57. The molecule has 1 amide bonds. The van der Waals surface area contributed by atoms with Crippen molar-refractivity contribution in [2.24, 2.45) is 0 Å². The molecule has 2 N–H and O–H groups in total. The Labute approximate surface area is 77.6 Å². The van der Waals surface area contributed by atoms with Crippen molar-refractivity contribution in [3.8, 4) is 0 Å². The summed E-state index contributed by atoms with van der Waals surface area (Å²) in [5, 5.41) is 17.5. The molecule has 0 aromatic rings.